The maximum absolute atomic E-state index is 12.5. The molecule has 0 unspecified atom stereocenters. The molecule has 1 aromatic rings. The molecule has 1 heterocycles. The predicted octanol–water partition coefficient (Wildman–Crippen LogP) is 1.47. The predicted molar refractivity (Wildman–Crippen MR) is 94.2 cm³/mol. The number of sulfonamides is 1. The molecule has 0 aliphatic carbocycles. The molecule has 0 aromatic heterocycles. The van der Waals surface area contributed by atoms with Crippen molar-refractivity contribution in [2.75, 3.05) is 46.3 Å². The Balaban J connectivity index is 1.90. The first kappa shape index (κ1) is 18.4. The lowest BCUT2D eigenvalue weighted by Crippen LogP contribution is -2.46. The van der Waals surface area contributed by atoms with Crippen molar-refractivity contribution < 1.29 is 8.42 Å². The van der Waals surface area contributed by atoms with Crippen molar-refractivity contribution in [3.8, 4) is 0 Å². The van der Waals surface area contributed by atoms with E-state index in [1.54, 1.807) is 6.07 Å². The van der Waals surface area contributed by atoms with E-state index in [-0.39, 0.29) is 0 Å². The summed E-state index contributed by atoms with van der Waals surface area (Å²) in [5.41, 5.74) is 1.75. The molecule has 0 spiro atoms. The molecule has 0 radical (unpaired) electrons. The van der Waals surface area contributed by atoms with E-state index >= 15 is 0 Å². The Labute approximate surface area is 140 Å². The largest absolute Gasteiger partial charge is 0.304 e. The van der Waals surface area contributed by atoms with Gasteiger partial charge in [-0.2, -0.15) is 0 Å². The maximum Gasteiger partial charge on any atom is 0.240 e. The normalized spacial score (nSPS) is 19.0. The van der Waals surface area contributed by atoms with Gasteiger partial charge in [-0.05, 0) is 44.0 Å². The number of hydrogen-bond acceptors (Lipinski definition) is 4. The van der Waals surface area contributed by atoms with Crippen LogP contribution in [0.1, 0.15) is 18.1 Å². The van der Waals surface area contributed by atoms with Crippen LogP contribution in [0.4, 0.5) is 0 Å². The van der Waals surface area contributed by atoms with E-state index in [2.05, 4.69) is 28.5 Å². The van der Waals surface area contributed by atoms with Crippen LogP contribution in [0.2, 0.25) is 0 Å². The quantitative estimate of drug-likeness (QED) is 0.853. The molecule has 1 fully saturated rings. The van der Waals surface area contributed by atoms with Crippen molar-refractivity contribution in [2.45, 2.75) is 25.7 Å². The first-order valence-corrected chi connectivity index (χ1v) is 9.74. The van der Waals surface area contributed by atoms with Gasteiger partial charge in [0.15, 0.2) is 0 Å². The Morgan fingerprint density at radius 1 is 1.17 bits per heavy atom. The minimum Gasteiger partial charge on any atom is -0.304 e. The number of likely N-dealkylation sites (N-methyl/N-ethyl adjacent to an activating group) is 1. The second kappa shape index (κ2) is 7.75. The van der Waals surface area contributed by atoms with Crippen LogP contribution in [0.3, 0.4) is 0 Å². The lowest BCUT2D eigenvalue weighted by molar-refractivity contribution is 0.139. The van der Waals surface area contributed by atoms with Crippen molar-refractivity contribution in [1.82, 2.24) is 14.5 Å². The standard InChI is InChI=1S/C17H29N3O2S/c1-14-5-6-16(3)17(11-14)23(21,22)18-12-15(2)13-20-9-7-19(4)8-10-20/h5-6,11,15,18H,7-10,12-13H2,1-4H3/t15-/m1/s1. The number of hydrogen-bond donors (Lipinski definition) is 1. The summed E-state index contributed by atoms with van der Waals surface area (Å²) in [7, 11) is -1.30. The molecular formula is C17H29N3O2S. The average Bonchev–Trinajstić information content (AvgIpc) is 2.50. The summed E-state index contributed by atoms with van der Waals surface area (Å²) < 4.78 is 27.8. The van der Waals surface area contributed by atoms with Crippen LogP contribution in [0, 0.1) is 19.8 Å². The topological polar surface area (TPSA) is 52.7 Å². The fraction of sp³-hybridized carbons (Fsp3) is 0.647. The number of rotatable bonds is 6. The molecule has 0 amide bonds. The number of aryl methyl sites for hydroxylation is 2. The number of nitrogens with zero attached hydrogens (tertiary/aromatic N) is 2. The highest BCUT2D eigenvalue weighted by Gasteiger charge is 2.20. The molecule has 1 aliphatic rings. The Bertz CT molecular complexity index is 623. The fourth-order valence-corrected chi connectivity index (χ4v) is 4.35. The van der Waals surface area contributed by atoms with E-state index in [0.29, 0.717) is 17.4 Å². The third-order valence-electron chi connectivity index (χ3n) is 4.42. The summed E-state index contributed by atoms with van der Waals surface area (Å²) in [6, 6.07) is 5.53. The zero-order valence-corrected chi connectivity index (χ0v) is 15.5. The van der Waals surface area contributed by atoms with Crippen LogP contribution in [0.5, 0.6) is 0 Å². The first-order chi connectivity index (χ1) is 10.8. The summed E-state index contributed by atoms with van der Waals surface area (Å²) in [5, 5.41) is 0. The third-order valence-corrected chi connectivity index (χ3v) is 5.99. The molecule has 0 bridgehead atoms. The molecule has 0 saturated carbocycles. The first-order valence-electron chi connectivity index (χ1n) is 8.26. The maximum atomic E-state index is 12.5. The van der Waals surface area contributed by atoms with Crippen molar-refractivity contribution in [1.29, 1.82) is 0 Å². The minimum atomic E-state index is -3.43. The Kier molecular flexibility index (Phi) is 6.19. The van der Waals surface area contributed by atoms with Crippen LogP contribution in [-0.2, 0) is 10.0 Å². The molecule has 5 nitrogen and oxygen atoms in total. The molecular weight excluding hydrogens is 310 g/mol. The SMILES string of the molecule is Cc1ccc(C)c(S(=O)(=O)NC[C@@H](C)CN2CCN(C)CC2)c1. The molecule has 130 valence electrons. The smallest absolute Gasteiger partial charge is 0.240 e. The van der Waals surface area contributed by atoms with E-state index in [4.69, 9.17) is 0 Å². The monoisotopic (exact) mass is 339 g/mol. The second-order valence-electron chi connectivity index (χ2n) is 6.83. The van der Waals surface area contributed by atoms with E-state index in [0.717, 1.165) is 43.9 Å². The van der Waals surface area contributed by atoms with Gasteiger partial charge in [0.05, 0.1) is 4.90 Å². The summed E-state index contributed by atoms with van der Waals surface area (Å²) in [6.07, 6.45) is 0. The van der Waals surface area contributed by atoms with E-state index in [1.807, 2.05) is 26.0 Å². The van der Waals surface area contributed by atoms with Crippen molar-refractivity contribution in [2.24, 2.45) is 5.92 Å². The van der Waals surface area contributed by atoms with Gasteiger partial charge in [-0.1, -0.05) is 19.1 Å². The number of nitrogens with one attached hydrogen (secondary N) is 1. The molecule has 2 rings (SSSR count). The van der Waals surface area contributed by atoms with Crippen molar-refractivity contribution >= 4 is 10.0 Å². The molecule has 1 N–H and O–H groups in total. The van der Waals surface area contributed by atoms with Gasteiger partial charge in [-0.25, -0.2) is 13.1 Å². The summed E-state index contributed by atoms with van der Waals surface area (Å²) in [5.74, 6) is 0.290. The van der Waals surface area contributed by atoms with Gasteiger partial charge in [0.2, 0.25) is 10.0 Å². The lowest BCUT2D eigenvalue weighted by Gasteiger charge is -2.33. The van der Waals surface area contributed by atoms with Gasteiger partial charge in [-0.3, -0.25) is 0 Å². The number of piperazine rings is 1. The molecule has 1 atom stereocenters. The fourth-order valence-electron chi connectivity index (χ4n) is 2.86. The average molecular weight is 340 g/mol. The summed E-state index contributed by atoms with van der Waals surface area (Å²) >= 11 is 0. The summed E-state index contributed by atoms with van der Waals surface area (Å²) in [6.45, 7) is 11.5. The Morgan fingerprint density at radius 3 is 2.48 bits per heavy atom. The third kappa shape index (κ3) is 5.28. The van der Waals surface area contributed by atoms with Gasteiger partial charge in [0, 0.05) is 39.3 Å². The van der Waals surface area contributed by atoms with E-state index in [1.165, 1.54) is 0 Å². The second-order valence-corrected chi connectivity index (χ2v) is 8.57. The molecule has 1 saturated heterocycles. The molecule has 23 heavy (non-hydrogen) atoms. The molecule has 6 heteroatoms. The highest BCUT2D eigenvalue weighted by atomic mass is 32.2. The van der Waals surface area contributed by atoms with Crippen molar-refractivity contribution in [3.63, 3.8) is 0 Å². The van der Waals surface area contributed by atoms with E-state index < -0.39 is 10.0 Å². The van der Waals surface area contributed by atoms with Gasteiger partial charge < -0.3 is 9.80 Å². The minimum absolute atomic E-state index is 0.290. The Hall–Kier alpha value is -0.950. The van der Waals surface area contributed by atoms with Crippen LogP contribution < -0.4 is 4.72 Å². The van der Waals surface area contributed by atoms with Crippen LogP contribution in [0.25, 0.3) is 0 Å². The number of benzene rings is 1. The van der Waals surface area contributed by atoms with E-state index in [9.17, 15) is 8.42 Å². The molecule has 1 aromatic carbocycles. The highest BCUT2D eigenvalue weighted by molar-refractivity contribution is 7.89. The lowest BCUT2D eigenvalue weighted by atomic mass is 10.1. The van der Waals surface area contributed by atoms with Gasteiger partial charge >= 0.3 is 0 Å². The zero-order chi connectivity index (χ0) is 17.0. The van der Waals surface area contributed by atoms with Crippen LogP contribution >= 0.6 is 0 Å². The van der Waals surface area contributed by atoms with Crippen molar-refractivity contribution in [3.05, 3.63) is 29.3 Å². The Morgan fingerprint density at radius 2 is 1.83 bits per heavy atom. The van der Waals surface area contributed by atoms with Gasteiger partial charge in [0.1, 0.15) is 0 Å². The van der Waals surface area contributed by atoms with Crippen LogP contribution in [0.15, 0.2) is 23.1 Å². The zero-order valence-electron chi connectivity index (χ0n) is 14.7. The van der Waals surface area contributed by atoms with Gasteiger partial charge in [0.25, 0.3) is 0 Å². The van der Waals surface area contributed by atoms with Crippen LogP contribution in [-0.4, -0.2) is 64.5 Å². The molecule has 1 aliphatic heterocycles. The highest BCUT2D eigenvalue weighted by Crippen LogP contribution is 2.16. The summed E-state index contributed by atoms with van der Waals surface area (Å²) in [4.78, 5) is 5.13. The van der Waals surface area contributed by atoms with Gasteiger partial charge in [-0.15, -0.1) is 0 Å².